The third-order valence-electron chi connectivity index (χ3n) is 5.34. The number of pyridine rings is 1. The van der Waals surface area contributed by atoms with Crippen molar-refractivity contribution in [1.82, 2.24) is 4.57 Å². The van der Waals surface area contributed by atoms with Gasteiger partial charge in [-0.2, -0.15) is 0 Å². The van der Waals surface area contributed by atoms with Gasteiger partial charge >= 0.3 is 0 Å². The molecule has 0 unspecified atom stereocenters. The highest BCUT2D eigenvalue weighted by Crippen LogP contribution is 2.35. The van der Waals surface area contributed by atoms with Crippen molar-refractivity contribution in [3.05, 3.63) is 76.1 Å². The van der Waals surface area contributed by atoms with Gasteiger partial charge in [0.1, 0.15) is 19.0 Å². The third-order valence-corrected chi connectivity index (χ3v) is 5.34. The lowest BCUT2D eigenvalue weighted by Gasteiger charge is -2.19. The molecule has 3 aromatic rings. The van der Waals surface area contributed by atoms with Gasteiger partial charge in [-0.1, -0.05) is 62.1 Å². The van der Waals surface area contributed by atoms with Crippen molar-refractivity contribution in [2.24, 2.45) is 0 Å². The van der Waals surface area contributed by atoms with E-state index in [0.29, 0.717) is 31.0 Å². The number of aryl methyl sites for hydroxylation is 1. The second-order valence-electron chi connectivity index (χ2n) is 8.24. The SMILES string of the molecule is CCCCCCn1c(=O)c(OCC=C(C)C)c(OCc2ccccc2)c2ccc(O)cc21. The molecule has 0 fully saturated rings. The number of hydrogen-bond donors (Lipinski definition) is 1. The van der Waals surface area contributed by atoms with Crippen molar-refractivity contribution in [2.75, 3.05) is 6.61 Å². The molecule has 1 heterocycles. The van der Waals surface area contributed by atoms with E-state index in [4.69, 9.17) is 9.47 Å². The van der Waals surface area contributed by atoms with Crippen LogP contribution >= 0.6 is 0 Å². The summed E-state index contributed by atoms with van der Waals surface area (Å²) in [7, 11) is 0. The Hall–Kier alpha value is -3.21. The van der Waals surface area contributed by atoms with Gasteiger partial charge in [0.15, 0.2) is 5.75 Å². The Bertz CT molecular complexity index is 1110. The Labute approximate surface area is 189 Å². The van der Waals surface area contributed by atoms with E-state index in [1.54, 1.807) is 22.8 Å². The first-order valence-corrected chi connectivity index (χ1v) is 11.3. The van der Waals surface area contributed by atoms with Crippen molar-refractivity contribution < 1.29 is 14.6 Å². The maximum Gasteiger partial charge on any atom is 0.297 e. The van der Waals surface area contributed by atoms with Gasteiger partial charge in [0, 0.05) is 18.0 Å². The van der Waals surface area contributed by atoms with Gasteiger partial charge in [0.25, 0.3) is 5.56 Å². The van der Waals surface area contributed by atoms with Gasteiger partial charge in [-0.15, -0.1) is 0 Å². The average Bonchev–Trinajstić information content (AvgIpc) is 2.78. The van der Waals surface area contributed by atoms with E-state index in [0.717, 1.165) is 42.2 Å². The summed E-state index contributed by atoms with van der Waals surface area (Å²) in [4.78, 5) is 13.5. The van der Waals surface area contributed by atoms with Crippen LogP contribution in [-0.2, 0) is 13.2 Å². The lowest BCUT2D eigenvalue weighted by molar-refractivity contribution is 0.274. The van der Waals surface area contributed by atoms with E-state index >= 15 is 0 Å². The molecule has 5 heteroatoms. The van der Waals surface area contributed by atoms with Crippen LogP contribution in [-0.4, -0.2) is 16.3 Å². The number of fused-ring (bicyclic) bond motifs is 1. The molecule has 5 nitrogen and oxygen atoms in total. The van der Waals surface area contributed by atoms with Crippen molar-refractivity contribution >= 4 is 10.9 Å². The quantitative estimate of drug-likeness (QED) is 0.287. The fourth-order valence-corrected chi connectivity index (χ4v) is 3.60. The van der Waals surface area contributed by atoms with E-state index < -0.39 is 0 Å². The lowest BCUT2D eigenvalue weighted by Crippen LogP contribution is -2.24. The zero-order chi connectivity index (χ0) is 22.9. The van der Waals surface area contributed by atoms with Crippen molar-refractivity contribution in [3.63, 3.8) is 0 Å². The van der Waals surface area contributed by atoms with Gasteiger partial charge in [0.2, 0.25) is 5.75 Å². The number of phenols is 1. The number of nitrogens with zero attached hydrogens (tertiary/aromatic N) is 1. The second kappa shape index (κ2) is 11.4. The van der Waals surface area contributed by atoms with Gasteiger partial charge in [-0.3, -0.25) is 4.79 Å². The van der Waals surface area contributed by atoms with Crippen molar-refractivity contribution in [2.45, 2.75) is 59.6 Å². The molecule has 0 bridgehead atoms. The molecule has 0 saturated carbocycles. The molecular weight excluding hydrogens is 402 g/mol. The maximum atomic E-state index is 13.5. The summed E-state index contributed by atoms with van der Waals surface area (Å²) in [6.07, 6.45) is 6.12. The van der Waals surface area contributed by atoms with Crippen LogP contribution in [0.2, 0.25) is 0 Å². The maximum absolute atomic E-state index is 13.5. The molecule has 0 aliphatic rings. The second-order valence-corrected chi connectivity index (χ2v) is 8.24. The van der Waals surface area contributed by atoms with Crippen LogP contribution in [0.3, 0.4) is 0 Å². The largest absolute Gasteiger partial charge is 0.508 e. The van der Waals surface area contributed by atoms with Crippen LogP contribution in [0.15, 0.2) is 65.0 Å². The summed E-state index contributed by atoms with van der Waals surface area (Å²) in [5.41, 5.74) is 2.54. The number of ether oxygens (including phenoxy) is 2. The zero-order valence-electron chi connectivity index (χ0n) is 19.3. The number of allylic oxidation sites excluding steroid dienone is 1. The van der Waals surface area contributed by atoms with E-state index in [2.05, 4.69) is 6.92 Å². The van der Waals surface area contributed by atoms with Gasteiger partial charge < -0.3 is 19.1 Å². The number of aromatic hydroxyl groups is 1. The molecule has 0 saturated heterocycles. The minimum atomic E-state index is -0.232. The molecule has 3 rings (SSSR count). The topological polar surface area (TPSA) is 60.7 Å². The molecule has 0 aliphatic carbocycles. The predicted molar refractivity (Wildman–Crippen MR) is 130 cm³/mol. The number of hydrogen-bond acceptors (Lipinski definition) is 4. The zero-order valence-corrected chi connectivity index (χ0v) is 19.3. The molecule has 0 aliphatic heterocycles. The number of benzene rings is 2. The number of phenolic OH excluding ortho intramolecular Hbond substituents is 1. The minimum Gasteiger partial charge on any atom is -0.508 e. The van der Waals surface area contributed by atoms with E-state index in [-0.39, 0.29) is 17.1 Å². The summed E-state index contributed by atoms with van der Waals surface area (Å²) in [6, 6.07) is 14.9. The molecule has 0 spiro atoms. The Balaban J connectivity index is 2.08. The fourth-order valence-electron chi connectivity index (χ4n) is 3.60. The summed E-state index contributed by atoms with van der Waals surface area (Å²) < 4.78 is 13.9. The monoisotopic (exact) mass is 435 g/mol. The average molecular weight is 436 g/mol. The Morgan fingerprint density at radius 3 is 2.50 bits per heavy atom. The number of rotatable bonds is 11. The molecule has 0 amide bonds. The van der Waals surface area contributed by atoms with Crippen molar-refractivity contribution in [1.29, 1.82) is 0 Å². The molecule has 2 aromatic carbocycles. The minimum absolute atomic E-state index is 0.117. The Morgan fingerprint density at radius 1 is 1.00 bits per heavy atom. The van der Waals surface area contributed by atoms with Crippen LogP contribution < -0.4 is 15.0 Å². The molecule has 170 valence electrons. The van der Waals surface area contributed by atoms with Crippen molar-refractivity contribution in [3.8, 4) is 17.2 Å². The van der Waals surface area contributed by atoms with Gasteiger partial charge in [-0.05, 0) is 44.0 Å². The Kier molecular flexibility index (Phi) is 8.37. The van der Waals surface area contributed by atoms with Crippen LogP contribution in [0.5, 0.6) is 17.2 Å². The predicted octanol–water partition coefficient (Wildman–Crippen LogP) is 6.21. The first-order valence-electron chi connectivity index (χ1n) is 11.3. The summed E-state index contributed by atoms with van der Waals surface area (Å²) in [5.74, 6) is 0.749. The van der Waals surface area contributed by atoms with Crippen LogP contribution in [0, 0.1) is 0 Å². The highest BCUT2D eigenvalue weighted by molar-refractivity contribution is 5.89. The number of unbranched alkanes of at least 4 members (excludes halogenated alkanes) is 3. The lowest BCUT2D eigenvalue weighted by atomic mass is 10.1. The van der Waals surface area contributed by atoms with Crippen LogP contribution in [0.4, 0.5) is 0 Å². The highest BCUT2D eigenvalue weighted by Gasteiger charge is 2.20. The standard InChI is InChI=1S/C27H33NO4/c1-4-5-6-10-16-28-24-18-22(29)13-14-23(24)25(32-19-21-11-8-7-9-12-21)26(27(28)30)31-17-15-20(2)3/h7-9,11-15,18,29H,4-6,10,16-17,19H2,1-3H3. The summed E-state index contributed by atoms with van der Waals surface area (Å²) in [6.45, 7) is 7.32. The Morgan fingerprint density at radius 2 is 1.78 bits per heavy atom. The van der Waals surface area contributed by atoms with Gasteiger partial charge in [0.05, 0.1) is 5.52 Å². The number of aromatic nitrogens is 1. The normalized spacial score (nSPS) is 10.8. The summed E-state index contributed by atoms with van der Waals surface area (Å²) in [5, 5.41) is 10.9. The smallest absolute Gasteiger partial charge is 0.297 e. The van der Waals surface area contributed by atoms with Crippen LogP contribution in [0.25, 0.3) is 10.9 Å². The molecule has 1 aromatic heterocycles. The molecule has 1 N–H and O–H groups in total. The van der Waals surface area contributed by atoms with Gasteiger partial charge in [-0.25, -0.2) is 0 Å². The molecule has 32 heavy (non-hydrogen) atoms. The first kappa shape index (κ1) is 23.5. The fraction of sp³-hybridized carbons (Fsp3) is 0.370. The van der Waals surface area contributed by atoms with E-state index in [9.17, 15) is 9.90 Å². The van der Waals surface area contributed by atoms with Crippen LogP contribution in [0.1, 0.15) is 52.0 Å². The van der Waals surface area contributed by atoms with E-state index in [1.165, 1.54) is 0 Å². The first-order chi connectivity index (χ1) is 15.5. The third kappa shape index (κ3) is 5.94. The molecule has 0 radical (unpaired) electrons. The molecule has 0 atom stereocenters. The highest BCUT2D eigenvalue weighted by atomic mass is 16.5. The van der Waals surface area contributed by atoms with E-state index in [1.807, 2.05) is 50.3 Å². The molecular formula is C27H33NO4. The summed E-state index contributed by atoms with van der Waals surface area (Å²) >= 11 is 0.